The number of aliphatic imine (C=N–C) groups is 1. The van der Waals surface area contributed by atoms with E-state index >= 15 is 0 Å². The third-order valence-electron chi connectivity index (χ3n) is 1.84. The normalized spacial score (nSPS) is 10.1. The van der Waals surface area contributed by atoms with Gasteiger partial charge in [-0.15, -0.1) is 0 Å². The van der Waals surface area contributed by atoms with Gasteiger partial charge in [0.25, 0.3) is 0 Å². The van der Waals surface area contributed by atoms with Gasteiger partial charge in [0.2, 0.25) is 0 Å². The second kappa shape index (κ2) is 9.31. The van der Waals surface area contributed by atoms with Crippen LogP contribution in [0.4, 0.5) is 5.69 Å². The summed E-state index contributed by atoms with van der Waals surface area (Å²) in [5.74, 6) is 0.564. The number of nitrogen functional groups attached to an aromatic ring is 1. The maximum atomic E-state index is 5.94. The Hall–Kier alpha value is -1.74. The van der Waals surface area contributed by atoms with Crippen molar-refractivity contribution in [2.75, 3.05) is 12.3 Å². The molecule has 0 fully saturated rings. The summed E-state index contributed by atoms with van der Waals surface area (Å²) in [5.41, 5.74) is 6.85. The minimum Gasteiger partial charge on any atom is -0.486 e. The van der Waals surface area contributed by atoms with Crippen molar-refractivity contribution >= 4 is 24.0 Å². The van der Waals surface area contributed by atoms with Crippen molar-refractivity contribution in [3.8, 4) is 5.75 Å². The fourth-order valence-corrected chi connectivity index (χ4v) is 1.31. The molecule has 0 saturated carbocycles. The van der Waals surface area contributed by atoms with Crippen LogP contribution in [0.25, 0.3) is 0 Å². The van der Waals surface area contributed by atoms with Crippen LogP contribution in [-0.4, -0.2) is 13.3 Å². The summed E-state index contributed by atoms with van der Waals surface area (Å²) in [6.07, 6.45) is 3.34. The van der Waals surface area contributed by atoms with E-state index in [4.69, 9.17) is 22.1 Å². The number of nitrogens with two attached hydrogens (primary N) is 1. The molecule has 1 aromatic rings. The Kier molecular flexibility index (Phi) is 8.41. The highest BCUT2D eigenvalue weighted by Crippen LogP contribution is 2.26. The Morgan fingerprint density at radius 3 is 2.67 bits per heavy atom. The molecule has 0 unspecified atom stereocenters. The van der Waals surface area contributed by atoms with Gasteiger partial charge in [-0.2, -0.15) is 0 Å². The molecule has 0 radical (unpaired) electrons. The van der Waals surface area contributed by atoms with E-state index in [0.717, 1.165) is 0 Å². The van der Waals surface area contributed by atoms with Gasteiger partial charge in [-0.25, -0.2) is 0 Å². The molecule has 0 aliphatic heterocycles. The van der Waals surface area contributed by atoms with Crippen molar-refractivity contribution in [2.24, 2.45) is 4.99 Å². The predicted octanol–water partition coefficient (Wildman–Crippen LogP) is 4.10. The summed E-state index contributed by atoms with van der Waals surface area (Å²) in [6, 6.07) is 5.07. The summed E-state index contributed by atoms with van der Waals surface area (Å²) >= 11 is 5.94. The zero-order chi connectivity index (χ0) is 14.0. The zero-order valence-electron chi connectivity index (χ0n) is 10.8. The second-order valence-corrected chi connectivity index (χ2v) is 3.44. The fraction of sp³-hybridized carbons (Fsp3) is 0.214. The standard InChI is InChI=1S/C12H13ClN2O.C2H6/c1-3-4-10(15-2)8-16-12-6-5-9(14)7-11(12)13;1-2/h3-7H,1-2,8,14H2;1-2H3/b10-4-;. The summed E-state index contributed by atoms with van der Waals surface area (Å²) in [7, 11) is 0. The Morgan fingerprint density at radius 1 is 1.50 bits per heavy atom. The third-order valence-corrected chi connectivity index (χ3v) is 2.14. The van der Waals surface area contributed by atoms with Crippen molar-refractivity contribution in [3.63, 3.8) is 0 Å². The molecule has 0 atom stereocenters. The minimum absolute atomic E-state index is 0.291. The summed E-state index contributed by atoms with van der Waals surface area (Å²) < 4.78 is 5.46. The smallest absolute Gasteiger partial charge is 0.138 e. The maximum Gasteiger partial charge on any atom is 0.138 e. The molecule has 98 valence electrons. The lowest BCUT2D eigenvalue weighted by molar-refractivity contribution is 0.351. The van der Waals surface area contributed by atoms with E-state index in [1.54, 1.807) is 30.4 Å². The van der Waals surface area contributed by atoms with E-state index in [2.05, 4.69) is 18.3 Å². The van der Waals surface area contributed by atoms with Crippen molar-refractivity contribution in [1.82, 2.24) is 0 Å². The SMILES string of the molecule is C=C/C=C(/COc1ccc(N)cc1Cl)N=C.CC. The van der Waals surface area contributed by atoms with Crippen molar-refractivity contribution in [2.45, 2.75) is 13.8 Å². The molecule has 0 aliphatic carbocycles. The first kappa shape index (κ1) is 16.3. The largest absolute Gasteiger partial charge is 0.486 e. The molecule has 4 heteroatoms. The lowest BCUT2D eigenvalue weighted by atomic mass is 10.3. The molecule has 1 rings (SSSR count). The van der Waals surface area contributed by atoms with Gasteiger partial charge < -0.3 is 10.5 Å². The first-order valence-corrected chi connectivity index (χ1v) is 6.01. The van der Waals surface area contributed by atoms with Gasteiger partial charge in [0.1, 0.15) is 12.4 Å². The summed E-state index contributed by atoms with van der Waals surface area (Å²) in [6.45, 7) is 11.3. The molecule has 0 bridgehead atoms. The quantitative estimate of drug-likeness (QED) is 0.496. The van der Waals surface area contributed by atoms with Gasteiger partial charge in [-0.05, 0) is 31.0 Å². The number of anilines is 1. The zero-order valence-corrected chi connectivity index (χ0v) is 11.6. The van der Waals surface area contributed by atoms with Crippen molar-refractivity contribution in [3.05, 3.63) is 47.6 Å². The lowest BCUT2D eigenvalue weighted by Gasteiger charge is -2.08. The van der Waals surface area contributed by atoms with Crippen molar-refractivity contribution in [1.29, 1.82) is 0 Å². The lowest BCUT2D eigenvalue weighted by Crippen LogP contribution is -2.00. The van der Waals surface area contributed by atoms with Gasteiger partial charge in [0.05, 0.1) is 10.7 Å². The third kappa shape index (κ3) is 5.55. The minimum atomic E-state index is 0.291. The van der Waals surface area contributed by atoms with Crippen LogP contribution in [-0.2, 0) is 0 Å². The van der Waals surface area contributed by atoms with Gasteiger partial charge in [0.15, 0.2) is 0 Å². The number of halogens is 1. The van der Waals surface area contributed by atoms with Gasteiger partial charge in [-0.1, -0.05) is 38.1 Å². The highest BCUT2D eigenvalue weighted by molar-refractivity contribution is 6.32. The molecule has 0 aromatic heterocycles. The maximum absolute atomic E-state index is 5.94. The van der Waals surface area contributed by atoms with Gasteiger partial charge in [0, 0.05) is 5.69 Å². The summed E-state index contributed by atoms with van der Waals surface area (Å²) in [5, 5.41) is 0.474. The number of allylic oxidation sites excluding steroid dienone is 2. The van der Waals surface area contributed by atoms with E-state index in [1.165, 1.54) is 0 Å². The number of benzene rings is 1. The Morgan fingerprint density at radius 2 is 2.17 bits per heavy atom. The van der Waals surface area contributed by atoms with Crippen LogP contribution in [0.2, 0.25) is 5.02 Å². The molecule has 0 spiro atoms. The number of nitrogens with zero attached hydrogens (tertiary/aromatic N) is 1. The topological polar surface area (TPSA) is 47.6 Å². The van der Waals surface area contributed by atoms with Crippen molar-refractivity contribution < 1.29 is 4.74 Å². The highest BCUT2D eigenvalue weighted by Gasteiger charge is 2.02. The molecular formula is C14H19ClN2O. The van der Waals surface area contributed by atoms with Crippen LogP contribution in [0.3, 0.4) is 0 Å². The molecule has 0 saturated heterocycles. The average Bonchev–Trinajstić information content (AvgIpc) is 2.38. The van der Waals surface area contributed by atoms with Crippen LogP contribution in [0.15, 0.2) is 47.6 Å². The first-order valence-electron chi connectivity index (χ1n) is 5.63. The average molecular weight is 267 g/mol. The fourth-order valence-electron chi connectivity index (χ4n) is 1.07. The molecular weight excluding hydrogens is 248 g/mol. The Labute approximate surface area is 114 Å². The monoisotopic (exact) mass is 266 g/mol. The van der Waals surface area contributed by atoms with Gasteiger partial charge >= 0.3 is 0 Å². The molecule has 18 heavy (non-hydrogen) atoms. The first-order chi connectivity index (χ1) is 8.67. The number of rotatable bonds is 5. The Bertz CT molecular complexity index is 428. The number of hydrogen-bond acceptors (Lipinski definition) is 3. The highest BCUT2D eigenvalue weighted by atomic mass is 35.5. The van der Waals surface area contributed by atoms with E-state index in [-0.39, 0.29) is 0 Å². The molecule has 0 heterocycles. The molecule has 1 aromatic carbocycles. The summed E-state index contributed by atoms with van der Waals surface area (Å²) in [4.78, 5) is 3.79. The molecule has 3 nitrogen and oxygen atoms in total. The van der Waals surface area contributed by atoms with Crippen LogP contribution in [0.5, 0.6) is 5.75 Å². The Balaban J connectivity index is 0.00000137. The van der Waals surface area contributed by atoms with Crippen LogP contribution >= 0.6 is 11.6 Å². The second-order valence-electron chi connectivity index (χ2n) is 3.03. The number of hydrogen-bond donors (Lipinski definition) is 1. The predicted molar refractivity (Wildman–Crippen MR) is 80.5 cm³/mol. The molecule has 0 aliphatic rings. The number of ether oxygens (including phenoxy) is 1. The van der Waals surface area contributed by atoms with Crippen LogP contribution < -0.4 is 10.5 Å². The van der Waals surface area contributed by atoms with E-state index in [0.29, 0.717) is 28.8 Å². The van der Waals surface area contributed by atoms with Gasteiger partial charge in [-0.3, -0.25) is 4.99 Å². The molecule has 0 amide bonds. The molecule has 2 N–H and O–H groups in total. The van der Waals surface area contributed by atoms with E-state index < -0.39 is 0 Å². The van der Waals surface area contributed by atoms with E-state index in [1.807, 2.05) is 13.8 Å². The van der Waals surface area contributed by atoms with Crippen LogP contribution in [0, 0.1) is 0 Å². The van der Waals surface area contributed by atoms with E-state index in [9.17, 15) is 0 Å². The van der Waals surface area contributed by atoms with Crippen LogP contribution in [0.1, 0.15) is 13.8 Å².